The average molecular weight is 380 g/mol. The van der Waals surface area contributed by atoms with Crippen LogP contribution in [0.25, 0.3) is 11.4 Å². The molecule has 0 unspecified atom stereocenters. The highest BCUT2D eigenvalue weighted by Crippen LogP contribution is 2.41. The minimum atomic E-state index is -0.0320. The maximum atomic E-state index is 12.5. The van der Waals surface area contributed by atoms with Gasteiger partial charge in [-0.1, -0.05) is 25.0 Å². The van der Waals surface area contributed by atoms with Crippen molar-refractivity contribution in [3.8, 4) is 11.4 Å². The summed E-state index contributed by atoms with van der Waals surface area (Å²) in [6.07, 6.45) is 10.5. The van der Waals surface area contributed by atoms with Crippen LogP contribution < -0.4 is 5.56 Å². The largest absolute Gasteiger partial charge is 0.306 e. The van der Waals surface area contributed by atoms with Gasteiger partial charge in [-0.3, -0.25) is 9.69 Å². The molecule has 2 aliphatic rings. The molecule has 0 atom stereocenters. The highest BCUT2D eigenvalue weighted by molar-refractivity contribution is 5.52. The fourth-order valence-corrected chi connectivity index (χ4v) is 4.74. The van der Waals surface area contributed by atoms with Crippen molar-refractivity contribution in [2.45, 2.75) is 59.4 Å². The van der Waals surface area contributed by atoms with Gasteiger partial charge in [0.25, 0.3) is 5.56 Å². The summed E-state index contributed by atoms with van der Waals surface area (Å²) in [7, 11) is 0. The van der Waals surface area contributed by atoms with E-state index in [1.807, 2.05) is 0 Å². The van der Waals surface area contributed by atoms with Gasteiger partial charge in [0.1, 0.15) is 12.2 Å². The van der Waals surface area contributed by atoms with Crippen LogP contribution >= 0.6 is 0 Å². The lowest BCUT2D eigenvalue weighted by Gasteiger charge is -2.36. The van der Waals surface area contributed by atoms with Gasteiger partial charge in [0.05, 0.1) is 11.3 Å². The standard InChI is InChI=1S/C22H29N5O/c1-15-5-4-8-22(2,3)18(15)7-10-27-9-6-17-19(13-27)25-20(26-21(17)28)16-11-23-14-24-12-16/h11-12,14H,4-10,13H2,1-3H3,(H,25,26,28). The molecule has 2 aromatic heterocycles. The Balaban J connectivity index is 1.52. The van der Waals surface area contributed by atoms with Crippen LogP contribution in [0.3, 0.4) is 0 Å². The van der Waals surface area contributed by atoms with Gasteiger partial charge < -0.3 is 4.98 Å². The van der Waals surface area contributed by atoms with E-state index in [1.165, 1.54) is 25.6 Å². The molecule has 2 aromatic rings. The van der Waals surface area contributed by atoms with E-state index < -0.39 is 0 Å². The van der Waals surface area contributed by atoms with Crippen LogP contribution in [0.4, 0.5) is 0 Å². The van der Waals surface area contributed by atoms with Crippen molar-refractivity contribution in [3.05, 3.63) is 51.5 Å². The molecule has 0 saturated heterocycles. The average Bonchev–Trinajstić information content (AvgIpc) is 2.67. The summed E-state index contributed by atoms with van der Waals surface area (Å²) in [5.74, 6) is 0.554. The molecule has 1 aliphatic heterocycles. The predicted octanol–water partition coefficient (Wildman–Crippen LogP) is 3.50. The van der Waals surface area contributed by atoms with E-state index in [2.05, 4.69) is 40.6 Å². The summed E-state index contributed by atoms with van der Waals surface area (Å²) < 4.78 is 0. The van der Waals surface area contributed by atoms with E-state index in [1.54, 1.807) is 23.5 Å². The van der Waals surface area contributed by atoms with Crippen molar-refractivity contribution in [2.75, 3.05) is 13.1 Å². The molecule has 6 heteroatoms. The second-order valence-electron chi connectivity index (χ2n) is 8.74. The van der Waals surface area contributed by atoms with Crippen LogP contribution in [-0.2, 0) is 13.0 Å². The van der Waals surface area contributed by atoms with Crippen LogP contribution in [0.15, 0.2) is 34.7 Å². The molecule has 1 aliphatic carbocycles. The molecular formula is C22H29N5O. The van der Waals surface area contributed by atoms with Gasteiger partial charge in [-0.25, -0.2) is 15.0 Å². The second-order valence-corrected chi connectivity index (χ2v) is 8.74. The number of fused-ring (bicyclic) bond motifs is 1. The third-order valence-corrected chi connectivity index (χ3v) is 6.35. The summed E-state index contributed by atoms with van der Waals surface area (Å²) in [6, 6.07) is 0. The summed E-state index contributed by atoms with van der Waals surface area (Å²) >= 11 is 0. The van der Waals surface area contributed by atoms with Gasteiger partial charge in [0.2, 0.25) is 0 Å². The summed E-state index contributed by atoms with van der Waals surface area (Å²) in [5.41, 5.74) is 5.94. The number of hydrogen-bond acceptors (Lipinski definition) is 5. The Morgan fingerprint density at radius 1 is 1.21 bits per heavy atom. The number of aromatic amines is 1. The molecule has 0 saturated carbocycles. The van der Waals surface area contributed by atoms with Crippen LogP contribution in [0, 0.1) is 5.41 Å². The fraction of sp³-hybridized carbons (Fsp3) is 0.545. The number of aromatic nitrogens is 4. The zero-order valence-corrected chi connectivity index (χ0v) is 17.1. The number of nitrogens with one attached hydrogen (secondary N) is 1. The van der Waals surface area contributed by atoms with Gasteiger partial charge in [-0.05, 0) is 44.4 Å². The Bertz CT molecular complexity index is 945. The van der Waals surface area contributed by atoms with Crippen molar-refractivity contribution in [1.82, 2.24) is 24.8 Å². The number of rotatable bonds is 4. The smallest absolute Gasteiger partial charge is 0.254 e. The normalized spacial score (nSPS) is 19.5. The van der Waals surface area contributed by atoms with Crippen molar-refractivity contribution in [3.63, 3.8) is 0 Å². The van der Waals surface area contributed by atoms with E-state index in [4.69, 9.17) is 4.98 Å². The zero-order valence-electron chi connectivity index (χ0n) is 17.1. The number of H-pyrrole nitrogens is 1. The predicted molar refractivity (Wildman–Crippen MR) is 110 cm³/mol. The summed E-state index contributed by atoms with van der Waals surface area (Å²) in [6.45, 7) is 9.73. The molecule has 28 heavy (non-hydrogen) atoms. The van der Waals surface area contributed by atoms with Gasteiger partial charge in [-0.2, -0.15) is 0 Å². The van der Waals surface area contributed by atoms with Crippen LogP contribution in [0.2, 0.25) is 0 Å². The van der Waals surface area contributed by atoms with Crippen LogP contribution in [-0.4, -0.2) is 37.9 Å². The molecule has 0 spiro atoms. The molecule has 0 amide bonds. The third kappa shape index (κ3) is 3.78. The van der Waals surface area contributed by atoms with E-state index in [-0.39, 0.29) is 5.56 Å². The van der Waals surface area contributed by atoms with Gasteiger partial charge in [-0.15, -0.1) is 0 Å². The van der Waals surface area contributed by atoms with Crippen LogP contribution in [0.5, 0.6) is 0 Å². The lowest BCUT2D eigenvalue weighted by molar-refractivity contribution is 0.241. The molecule has 148 valence electrons. The van der Waals surface area contributed by atoms with Gasteiger partial charge in [0, 0.05) is 37.6 Å². The van der Waals surface area contributed by atoms with Crippen molar-refractivity contribution in [1.29, 1.82) is 0 Å². The number of allylic oxidation sites excluding steroid dienone is 1. The Labute approximate surface area is 166 Å². The number of hydrogen-bond donors (Lipinski definition) is 1. The highest BCUT2D eigenvalue weighted by atomic mass is 16.1. The fourth-order valence-electron chi connectivity index (χ4n) is 4.74. The maximum Gasteiger partial charge on any atom is 0.254 e. The first-order valence-corrected chi connectivity index (χ1v) is 10.2. The van der Waals surface area contributed by atoms with Crippen LogP contribution in [0.1, 0.15) is 57.7 Å². The molecule has 0 radical (unpaired) electrons. The Kier molecular flexibility index (Phi) is 5.15. The molecule has 0 fully saturated rings. The van der Waals surface area contributed by atoms with Crippen molar-refractivity contribution in [2.24, 2.45) is 5.41 Å². The van der Waals surface area contributed by atoms with Gasteiger partial charge in [0.15, 0.2) is 0 Å². The highest BCUT2D eigenvalue weighted by Gasteiger charge is 2.29. The van der Waals surface area contributed by atoms with E-state index in [9.17, 15) is 4.79 Å². The third-order valence-electron chi connectivity index (χ3n) is 6.35. The molecule has 0 aromatic carbocycles. The maximum absolute atomic E-state index is 12.5. The molecule has 1 N–H and O–H groups in total. The summed E-state index contributed by atoms with van der Waals surface area (Å²) in [4.78, 5) is 30.7. The number of nitrogens with zero attached hydrogens (tertiary/aromatic N) is 4. The first kappa shape index (κ1) is 19.0. The molecule has 0 bridgehead atoms. The first-order chi connectivity index (χ1) is 13.4. The first-order valence-electron chi connectivity index (χ1n) is 10.2. The minimum absolute atomic E-state index is 0.0320. The lowest BCUT2D eigenvalue weighted by atomic mass is 9.71. The Hall–Kier alpha value is -2.34. The van der Waals surface area contributed by atoms with E-state index in [0.717, 1.165) is 49.3 Å². The lowest BCUT2D eigenvalue weighted by Crippen LogP contribution is -2.36. The summed E-state index contributed by atoms with van der Waals surface area (Å²) in [5, 5.41) is 0. The van der Waals surface area contributed by atoms with E-state index >= 15 is 0 Å². The zero-order chi connectivity index (χ0) is 19.7. The monoisotopic (exact) mass is 379 g/mol. The van der Waals surface area contributed by atoms with E-state index in [0.29, 0.717) is 11.2 Å². The molecule has 4 rings (SSSR count). The Morgan fingerprint density at radius 3 is 2.75 bits per heavy atom. The SMILES string of the molecule is CC1=C(CCN2CCc3c(nc(-c4cncnc4)[nH]c3=O)C2)C(C)(C)CCC1. The molecule has 6 nitrogen and oxygen atoms in total. The molecular weight excluding hydrogens is 350 g/mol. The van der Waals surface area contributed by atoms with Crippen molar-refractivity contribution < 1.29 is 0 Å². The van der Waals surface area contributed by atoms with Crippen molar-refractivity contribution >= 4 is 0 Å². The minimum Gasteiger partial charge on any atom is -0.306 e. The van der Waals surface area contributed by atoms with Gasteiger partial charge >= 0.3 is 0 Å². The second kappa shape index (κ2) is 7.59. The Morgan fingerprint density at radius 2 is 2.00 bits per heavy atom. The topological polar surface area (TPSA) is 74.8 Å². The quantitative estimate of drug-likeness (QED) is 0.823. The molecule has 3 heterocycles.